The van der Waals surface area contributed by atoms with Crippen LogP contribution in [0.15, 0.2) is 12.4 Å². The van der Waals surface area contributed by atoms with Crippen molar-refractivity contribution in [3.8, 4) is 0 Å². The lowest BCUT2D eigenvalue weighted by Crippen LogP contribution is -2.28. The highest BCUT2D eigenvalue weighted by Gasteiger charge is 2.13. The Morgan fingerprint density at radius 3 is 2.68 bits per heavy atom. The van der Waals surface area contributed by atoms with E-state index in [4.69, 9.17) is 0 Å². The van der Waals surface area contributed by atoms with Gasteiger partial charge in [-0.05, 0) is 13.8 Å². The average molecular weight is 263 g/mol. The highest BCUT2D eigenvalue weighted by molar-refractivity contribution is 5.13. The maximum absolute atomic E-state index is 9.17. The van der Waals surface area contributed by atoms with Crippen molar-refractivity contribution in [3.63, 3.8) is 0 Å². The SMILES string of the molecule is Cc1nc(CN(CCO)Cc2ncc[nH]2)n(C)c1C. The van der Waals surface area contributed by atoms with Gasteiger partial charge in [0.2, 0.25) is 0 Å². The van der Waals surface area contributed by atoms with Gasteiger partial charge in [-0.15, -0.1) is 0 Å². The summed E-state index contributed by atoms with van der Waals surface area (Å²) in [6.07, 6.45) is 3.54. The molecule has 2 aromatic rings. The monoisotopic (exact) mass is 263 g/mol. The molecule has 0 radical (unpaired) electrons. The lowest BCUT2D eigenvalue weighted by Gasteiger charge is -2.19. The van der Waals surface area contributed by atoms with E-state index in [0.29, 0.717) is 19.6 Å². The zero-order valence-electron chi connectivity index (χ0n) is 11.7. The van der Waals surface area contributed by atoms with E-state index in [9.17, 15) is 5.11 Å². The van der Waals surface area contributed by atoms with Crippen molar-refractivity contribution in [1.29, 1.82) is 0 Å². The Labute approximate surface area is 113 Å². The summed E-state index contributed by atoms with van der Waals surface area (Å²) in [4.78, 5) is 14.0. The van der Waals surface area contributed by atoms with Gasteiger partial charge in [0.25, 0.3) is 0 Å². The Hall–Kier alpha value is -1.66. The number of aryl methyl sites for hydroxylation is 1. The second-order valence-corrected chi connectivity index (χ2v) is 4.73. The number of hydrogen-bond donors (Lipinski definition) is 2. The first-order valence-electron chi connectivity index (χ1n) is 6.42. The standard InChI is InChI=1S/C13H21N5O/c1-10-11(2)17(3)13(16-10)9-18(6-7-19)8-12-14-4-5-15-12/h4-5,19H,6-9H2,1-3H3,(H,14,15). The molecule has 0 aliphatic carbocycles. The topological polar surface area (TPSA) is 70.0 Å². The molecule has 0 atom stereocenters. The Morgan fingerprint density at radius 1 is 1.37 bits per heavy atom. The predicted molar refractivity (Wildman–Crippen MR) is 72.5 cm³/mol. The largest absolute Gasteiger partial charge is 0.395 e. The Kier molecular flexibility index (Phi) is 4.34. The first-order valence-corrected chi connectivity index (χ1v) is 6.42. The summed E-state index contributed by atoms with van der Waals surface area (Å²) in [6, 6.07) is 0. The number of nitrogens with zero attached hydrogens (tertiary/aromatic N) is 4. The fraction of sp³-hybridized carbons (Fsp3) is 0.538. The van der Waals surface area contributed by atoms with E-state index in [0.717, 1.165) is 17.3 Å². The zero-order chi connectivity index (χ0) is 13.8. The zero-order valence-corrected chi connectivity index (χ0v) is 11.7. The van der Waals surface area contributed by atoms with Gasteiger partial charge in [0.1, 0.15) is 11.6 Å². The number of aromatic nitrogens is 4. The summed E-state index contributed by atoms with van der Waals surface area (Å²) in [5.74, 6) is 1.91. The molecule has 0 aliphatic heterocycles. The minimum absolute atomic E-state index is 0.128. The van der Waals surface area contributed by atoms with Gasteiger partial charge in [0, 0.05) is 31.7 Å². The molecule has 2 N–H and O–H groups in total. The van der Waals surface area contributed by atoms with E-state index in [1.807, 2.05) is 20.2 Å². The van der Waals surface area contributed by atoms with Crippen molar-refractivity contribution < 1.29 is 5.11 Å². The smallest absolute Gasteiger partial charge is 0.123 e. The van der Waals surface area contributed by atoms with Crippen LogP contribution >= 0.6 is 0 Å². The molecule has 0 amide bonds. The van der Waals surface area contributed by atoms with Crippen molar-refractivity contribution in [1.82, 2.24) is 24.4 Å². The summed E-state index contributed by atoms with van der Waals surface area (Å²) in [5, 5.41) is 9.17. The second-order valence-electron chi connectivity index (χ2n) is 4.73. The van der Waals surface area contributed by atoms with Crippen molar-refractivity contribution in [3.05, 3.63) is 35.4 Å². The van der Waals surface area contributed by atoms with Gasteiger partial charge in [-0.2, -0.15) is 0 Å². The van der Waals surface area contributed by atoms with Crippen molar-refractivity contribution in [2.45, 2.75) is 26.9 Å². The van der Waals surface area contributed by atoms with E-state index in [1.165, 1.54) is 5.69 Å². The van der Waals surface area contributed by atoms with Gasteiger partial charge in [-0.25, -0.2) is 9.97 Å². The summed E-state index contributed by atoms with van der Waals surface area (Å²) in [6.45, 7) is 6.19. The van der Waals surface area contributed by atoms with E-state index >= 15 is 0 Å². The van der Waals surface area contributed by atoms with Crippen LogP contribution in [0.2, 0.25) is 0 Å². The molecule has 0 fully saturated rings. The first-order chi connectivity index (χ1) is 9.11. The minimum Gasteiger partial charge on any atom is -0.395 e. The Balaban J connectivity index is 2.09. The highest BCUT2D eigenvalue weighted by Crippen LogP contribution is 2.11. The lowest BCUT2D eigenvalue weighted by atomic mass is 10.4. The van der Waals surface area contributed by atoms with Crippen LogP contribution in [0.3, 0.4) is 0 Å². The minimum atomic E-state index is 0.128. The van der Waals surface area contributed by atoms with Gasteiger partial charge < -0.3 is 14.7 Å². The normalized spacial score (nSPS) is 11.4. The van der Waals surface area contributed by atoms with Crippen LogP contribution < -0.4 is 0 Å². The molecular formula is C13H21N5O. The van der Waals surface area contributed by atoms with Crippen LogP contribution in [0.1, 0.15) is 23.0 Å². The maximum Gasteiger partial charge on any atom is 0.123 e. The van der Waals surface area contributed by atoms with Crippen LogP contribution in [0.25, 0.3) is 0 Å². The summed E-state index contributed by atoms with van der Waals surface area (Å²) >= 11 is 0. The third kappa shape index (κ3) is 3.21. The summed E-state index contributed by atoms with van der Waals surface area (Å²) in [5.41, 5.74) is 2.23. The molecule has 2 rings (SSSR count). The van der Waals surface area contributed by atoms with E-state index < -0.39 is 0 Å². The first kappa shape index (κ1) is 13.8. The highest BCUT2D eigenvalue weighted by atomic mass is 16.3. The number of aromatic amines is 1. The average Bonchev–Trinajstić information content (AvgIpc) is 2.96. The van der Waals surface area contributed by atoms with Gasteiger partial charge >= 0.3 is 0 Å². The van der Waals surface area contributed by atoms with Crippen LogP contribution in [0.4, 0.5) is 0 Å². The molecule has 0 bridgehead atoms. The van der Waals surface area contributed by atoms with Crippen molar-refractivity contribution in [2.24, 2.45) is 7.05 Å². The number of nitrogens with one attached hydrogen (secondary N) is 1. The molecule has 6 heteroatoms. The third-order valence-corrected chi connectivity index (χ3v) is 3.42. The van der Waals surface area contributed by atoms with Crippen LogP contribution in [0, 0.1) is 13.8 Å². The maximum atomic E-state index is 9.17. The van der Waals surface area contributed by atoms with Gasteiger partial charge in [-0.1, -0.05) is 0 Å². The van der Waals surface area contributed by atoms with Gasteiger partial charge in [0.05, 0.1) is 25.4 Å². The summed E-state index contributed by atoms with van der Waals surface area (Å²) in [7, 11) is 2.02. The Morgan fingerprint density at radius 2 is 2.16 bits per heavy atom. The molecule has 0 unspecified atom stereocenters. The summed E-state index contributed by atoms with van der Waals surface area (Å²) < 4.78 is 2.10. The fourth-order valence-electron chi connectivity index (χ4n) is 2.08. The molecule has 0 spiro atoms. The fourth-order valence-corrected chi connectivity index (χ4v) is 2.08. The molecule has 0 aliphatic rings. The Bertz CT molecular complexity index is 517. The van der Waals surface area contributed by atoms with E-state index in [2.05, 4.69) is 31.3 Å². The number of hydrogen-bond acceptors (Lipinski definition) is 4. The van der Waals surface area contributed by atoms with Crippen molar-refractivity contribution >= 4 is 0 Å². The number of aliphatic hydroxyl groups is 1. The van der Waals surface area contributed by atoms with Gasteiger partial charge in [-0.3, -0.25) is 4.90 Å². The van der Waals surface area contributed by atoms with Crippen molar-refractivity contribution in [2.75, 3.05) is 13.2 Å². The third-order valence-electron chi connectivity index (χ3n) is 3.42. The van der Waals surface area contributed by atoms with Crippen LogP contribution in [-0.2, 0) is 20.1 Å². The molecule has 2 aromatic heterocycles. The lowest BCUT2D eigenvalue weighted by molar-refractivity contribution is 0.177. The molecule has 2 heterocycles. The van der Waals surface area contributed by atoms with E-state index in [1.54, 1.807) is 6.20 Å². The second kappa shape index (κ2) is 5.99. The molecule has 0 saturated heterocycles. The quantitative estimate of drug-likeness (QED) is 0.807. The van der Waals surface area contributed by atoms with Gasteiger partial charge in [0.15, 0.2) is 0 Å². The van der Waals surface area contributed by atoms with Crippen LogP contribution in [0.5, 0.6) is 0 Å². The molecule has 0 aromatic carbocycles. The predicted octanol–water partition coefficient (Wildman–Crippen LogP) is 0.755. The number of aliphatic hydroxyl groups excluding tert-OH is 1. The molecule has 0 saturated carbocycles. The number of imidazole rings is 2. The number of rotatable bonds is 6. The molecule has 104 valence electrons. The number of H-pyrrole nitrogens is 1. The van der Waals surface area contributed by atoms with Crippen LogP contribution in [-0.4, -0.2) is 42.7 Å². The molecular weight excluding hydrogens is 242 g/mol. The molecule has 6 nitrogen and oxygen atoms in total. The van der Waals surface area contributed by atoms with E-state index in [-0.39, 0.29) is 6.61 Å². The molecule has 19 heavy (non-hydrogen) atoms.